The molecule has 2 aliphatic heterocycles. The largest absolute Gasteiger partial charge is 0.451 e. The minimum absolute atomic E-state index is 0.0515. The molecule has 27 heavy (non-hydrogen) atoms. The van der Waals surface area contributed by atoms with Crippen molar-refractivity contribution in [2.24, 2.45) is 0 Å². The van der Waals surface area contributed by atoms with Crippen LogP contribution in [0.1, 0.15) is 41.4 Å². The lowest BCUT2D eigenvalue weighted by molar-refractivity contribution is 0.0471. The van der Waals surface area contributed by atoms with Crippen LogP contribution in [0.4, 0.5) is 0 Å². The van der Waals surface area contributed by atoms with Crippen molar-refractivity contribution < 1.29 is 9.21 Å². The smallest absolute Gasteiger partial charge is 0.289 e. The van der Waals surface area contributed by atoms with E-state index in [-0.39, 0.29) is 5.91 Å². The highest BCUT2D eigenvalue weighted by Crippen LogP contribution is 2.28. The average Bonchev–Trinajstić information content (AvgIpc) is 3.04. The average molecular weight is 370 g/mol. The SMILES string of the molecule is CCN1CCN(C2CCN(C(=O)c3oc4ccc(C)cc4c3C)CC2)CC1. The Morgan fingerprint density at radius 1 is 1.07 bits per heavy atom. The predicted octanol–water partition coefficient (Wildman–Crippen LogP) is 3.29. The van der Waals surface area contributed by atoms with E-state index in [0.717, 1.165) is 62.1 Å². The molecule has 3 heterocycles. The molecular formula is C22H31N3O2. The molecule has 2 aliphatic rings. The number of amides is 1. The number of carbonyl (C=O) groups excluding carboxylic acids is 1. The van der Waals surface area contributed by atoms with Crippen LogP contribution in [-0.4, -0.2) is 72.5 Å². The number of benzene rings is 1. The molecule has 4 rings (SSSR count). The number of piperidine rings is 1. The van der Waals surface area contributed by atoms with Gasteiger partial charge in [-0.3, -0.25) is 9.69 Å². The van der Waals surface area contributed by atoms with Crippen molar-refractivity contribution in [3.63, 3.8) is 0 Å². The molecule has 5 heteroatoms. The number of nitrogens with zero attached hydrogens (tertiary/aromatic N) is 3. The Bertz CT molecular complexity index is 812. The Hall–Kier alpha value is -1.85. The first kappa shape index (κ1) is 18.5. The van der Waals surface area contributed by atoms with Gasteiger partial charge in [0.05, 0.1) is 0 Å². The number of piperazine rings is 1. The molecular weight excluding hydrogens is 338 g/mol. The van der Waals surface area contributed by atoms with E-state index in [0.29, 0.717) is 11.8 Å². The van der Waals surface area contributed by atoms with Gasteiger partial charge in [-0.1, -0.05) is 18.6 Å². The van der Waals surface area contributed by atoms with E-state index in [2.05, 4.69) is 29.7 Å². The van der Waals surface area contributed by atoms with Crippen molar-refractivity contribution in [3.8, 4) is 0 Å². The van der Waals surface area contributed by atoms with Crippen LogP contribution in [0.2, 0.25) is 0 Å². The van der Waals surface area contributed by atoms with Gasteiger partial charge >= 0.3 is 0 Å². The summed E-state index contributed by atoms with van der Waals surface area (Å²) in [5, 5.41) is 1.06. The normalized spacial score (nSPS) is 20.5. The van der Waals surface area contributed by atoms with Gasteiger partial charge in [-0.05, 0) is 45.4 Å². The summed E-state index contributed by atoms with van der Waals surface area (Å²) < 4.78 is 5.93. The van der Waals surface area contributed by atoms with E-state index in [1.54, 1.807) is 0 Å². The topological polar surface area (TPSA) is 39.9 Å². The fourth-order valence-electron chi connectivity index (χ4n) is 4.56. The van der Waals surface area contributed by atoms with Crippen molar-refractivity contribution in [3.05, 3.63) is 35.1 Å². The maximum absolute atomic E-state index is 13.1. The lowest BCUT2D eigenvalue weighted by Crippen LogP contribution is -2.53. The number of furan rings is 1. The third-order valence-electron chi connectivity index (χ3n) is 6.41. The van der Waals surface area contributed by atoms with Gasteiger partial charge in [0.25, 0.3) is 5.91 Å². The molecule has 0 atom stereocenters. The summed E-state index contributed by atoms with van der Waals surface area (Å²) in [4.78, 5) is 20.2. The Morgan fingerprint density at radius 3 is 2.44 bits per heavy atom. The van der Waals surface area contributed by atoms with E-state index in [4.69, 9.17) is 4.42 Å². The van der Waals surface area contributed by atoms with E-state index in [9.17, 15) is 4.79 Å². The van der Waals surface area contributed by atoms with Crippen LogP contribution in [0.25, 0.3) is 11.0 Å². The number of hydrogen-bond donors (Lipinski definition) is 0. The summed E-state index contributed by atoms with van der Waals surface area (Å²) in [6.07, 6.45) is 2.13. The molecule has 2 fully saturated rings. The second-order valence-corrected chi connectivity index (χ2v) is 8.05. The summed E-state index contributed by atoms with van der Waals surface area (Å²) in [5.74, 6) is 0.571. The van der Waals surface area contributed by atoms with Gasteiger partial charge in [0.2, 0.25) is 0 Å². The summed E-state index contributed by atoms with van der Waals surface area (Å²) in [6, 6.07) is 6.72. The number of likely N-dealkylation sites (N-methyl/N-ethyl adjacent to an activating group) is 1. The van der Waals surface area contributed by atoms with Crippen molar-refractivity contribution >= 4 is 16.9 Å². The molecule has 1 aromatic heterocycles. The van der Waals surface area contributed by atoms with Crippen LogP contribution in [0.15, 0.2) is 22.6 Å². The van der Waals surface area contributed by atoms with Crippen molar-refractivity contribution in [2.45, 2.75) is 39.7 Å². The van der Waals surface area contributed by atoms with Crippen LogP contribution in [0.5, 0.6) is 0 Å². The highest BCUT2D eigenvalue weighted by Gasteiger charge is 2.31. The van der Waals surface area contributed by atoms with E-state index < -0.39 is 0 Å². The lowest BCUT2D eigenvalue weighted by Gasteiger charge is -2.42. The van der Waals surface area contributed by atoms with Gasteiger partial charge in [-0.25, -0.2) is 0 Å². The molecule has 0 radical (unpaired) electrons. The summed E-state index contributed by atoms with van der Waals surface area (Å²) >= 11 is 0. The highest BCUT2D eigenvalue weighted by atomic mass is 16.3. The van der Waals surface area contributed by atoms with E-state index >= 15 is 0 Å². The number of carbonyl (C=O) groups is 1. The van der Waals surface area contributed by atoms with E-state index in [1.165, 1.54) is 18.7 Å². The highest BCUT2D eigenvalue weighted by molar-refractivity contribution is 5.99. The molecule has 0 N–H and O–H groups in total. The predicted molar refractivity (Wildman–Crippen MR) is 108 cm³/mol. The molecule has 0 spiro atoms. The molecule has 2 saturated heterocycles. The molecule has 2 aromatic rings. The second kappa shape index (κ2) is 7.64. The number of rotatable bonds is 3. The maximum Gasteiger partial charge on any atom is 0.289 e. The van der Waals surface area contributed by atoms with Gasteiger partial charge in [0, 0.05) is 56.3 Å². The quantitative estimate of drug-likeness (QED) is 0.832. The summed E-state index contributed by atoms with van der Waals surface area (Å²) in [5.41, 5.74) is 2.97. The van der Waals surface area contributed by atoms with Gasteiger partial charge in [0.1, 0.15) is 5.58 Å². The fraction of sp³-hybridized carbons (Fsp3) is 0.591. The number of aryl methyl sites for hydroxylation is 2. The molecule has 0 aliphatic carbocycles. The van der Waals surface area contributed by atoms with Crippen LogP contribution in [0, 0.1) is 13.8 Å². The van der Waals surface area contributed by atoms with Crippen LogP contribution < -0.4 is 0 Å². The number of fused-ring (bicyclic) bond motifs is 1. The minimum Gasteiger partial charge on any atom is -0.451 e. The van der Waals surface area contributed by atoms with Gasteiger partial charge in [-0.2, -0.15) is 0 Å². The zero-order chi connectivity index (χ0) is 19.0. The van der Waals surface area contributed by atoms with Gasteiger partial charge in [-0.15, -0.1) is 0 Å². The van der Waals surface area contributed by atoms with Gasteiger partial charge < -0.3 is 14.2 Å². The first-order chi connectivity index (χ1) is 13.1. The lowest BCUT2D eigenvalue weighted by atomic mass is 10.0. The Kier molecular flexibility index (Phi) is 5.24. The molecule has 0 unspecified atom stereocenters. The molecule has 5 nitrogen and oxygen atoms in total. The molecule has 1 aromatic carbocycles. The Labute approximate surface area is 161 Å². The molecule has 0 saturated carbocycles. The number of hydrogen-bond acceptors (Lipinski definition) is 4. The Morgan fingerprint density at radius 2 is 1.78 bits per heavy atom. The summed E-state index contributed by atoms with van der Waals surface area (Å²) in [6.45, 7) is 13.8. The zero-order valence-electron chi connectivity index (χ0n) is 16.8. The van der Waals surface area contributed by atoms with Gasteiger partial charge in [0.15, 0.2) is 5.76 Å². The zero-order valence-corrected chi connectivity index (χ0v) is 16.8. The second-order valence-electron chi connectivity index (χ2n) is 8.05. The first-order valence-corrected chi connectivity index (χ1v) is 10.3. The number of likely N-dealkylation sites (tertiary alicyclic amines) is 1. The summed E-state index contributed by atoms with van der Waals surface area (Å²) in [7, 11) is 0. The fourth-order valence-corrected chi connectivity index (χ4v) is 4.56. The third kappa shape index (κ3) is 3.63. The van der Waals surface area contributed by atoms with Crippen molar-refractivity contribution in [1.29, 1.82) is 0 Å². The monoisotopic (exact) mass is 369 g/mol. The van der Waals surface area contributed by atoms with E-state index in [1.807, 2.05) is 24.0 Å². The van der Waals surface area contributed by atoms with Crippen LogP contribution in [0.3, 0.4) is 0 Å². The van der Waals surface area contributed by atoms with Crippen molar-refractivity contribution in [2.75, 3.05) is 45.8 Å². The van der Waals surface area contributed by atoms with Crippen molar-refractivity contribution in [1.82, 2.24) is 14.7 Å². The molecule has 146 valence electrons. The van der Waals surface area contributed by atoms with Crippen LogP contribution in [-0.2, 0) is 0 Å². The molecule has 1 amide bonds. The maximum atomic E-state index is 13.1. The van der Waals surface area contributed by atoms with Crippen LogP contribution >= 0.6 is 0 Å². The third-order valence-corrected chi connectivity index (χ3v) is 6.41. The standard InChI is InChI=1S/C22H31N3O2/c1-4-23-11-13-24(14-12-23)18-7-9-25(10-8-18)22(26)21-17(3)19-15-16(2)5-6-20(19)27-21/h5-6,15,18H,4,7-14H2,1-3H3. The first-order valence-electron chi connectivity index (χ1n) is 10.3. The molecule has 0 bridgehead atoms. The Balaban J connectivity index is 1.40. The minimum atomic E-state index is 0.0515.